The quantitative estimate of drug-likeness (QED) is 0.319. The Kier molecular flexibility index (Phi) is 13.1. The van der Waals surface area contributed by atoms with Crippen LogP contribution < -0.4 is 0 Å². The van der Waals surface area contributed by atoms with Gasteiger partial charge < -0.3 is 10.2 Å². The normalized spacial score (nSPS) is 13.7. The molecule has 0 aliphatic heterocycles. The third kappa shape index (κ3) is 14.7. The number of carbonyl (C=O) groups is 1. The van der Waals surface area contributed by atoms with Crippen molar-refractivity contribution in [3.8, 4) is 0 Å². The number of aliphatic carboxylic acids is 1. The SMILES string of the molecule is CCCCC[C@@H](O)/C=C/C=C/C/C=C/CCCC(=O)O. The van der Waals surface area contributed by atoms with Gasteiger partial charge in [0, 0.05) is 6.42 Å². The van der Waals surface area contributed by atoms with Crippen LogP contribution >= 0.6 is 0 Å². The Morgan fingerprint density at radius 2 is 1.90 bits per heavy atom. The second-order valence-electron chi connectivity index (χ2n) is 4.87. The van der Waals surface area contributed by atoms with Gasteiger partial charge in [-0.25, -0.2) is 0 Å². The number of carboxylic acids is 1. The van der Waals surface area contributed by atoms with Crippen molar-refractivity contribution >= 4 is 5.97 Å². The van der Waals surface area contributed by atoms with Crippen LogP contribution in [-0.2, 0) is 4.79 Å². The van der Waals surface area contributed by atoms with Gasteiger partial charge in [-0.1, -0.05) is 62.6 Å². The Morgan fingerprint density at radius 1 is 1.10 bits per heavy atom. The average molecular weight is 280 g/mol. The lowest BCUT2D eigenvalue weighted by atomic mass is 10.1. The molecule has 0 spiro atoms. The predicted molar refractivity (Wildman–Crippen MR) is 83.7 cm³/mol. The number of unbranched alkanes of at least 4 members (excludes halogenated alkanes) is 3. The van der Waals surface area contributed by atoms with Crippen molar-refractivity contribution in [2.45, 2.75) is 64.4 Å². The van der Waals surface area contributed by atoms with E-state index in [1.807, 2.05) is 36.5 Å². The molecule has 0 aromatic heterocycles. The van der Waals surface area contributed by atoms with Crippen molar-refractivity contribution < 1.29 is 15.0 Å². The number of hydrogen-bond acceptors (Lipinski definition) is 2. The van der Waals surface area contributed by atoms with Crippen LogP contribution in [-0.4, -0.2) is 22.3 Å². The van der Waals surface area contributed by atoms with Gasteiger partial charge in [-0.05, 0) is 25.7 Å². The van der Waals surface area contributed by atoms with Gasteiger partial charge in [-0.3, -0.25) is 4.79 Å². The van der Waals surface area contributed by atoms with Crippen molar-refractivity contribution in [1.82, 2.24) is 0 Å². The van der Waals surface area contributed by atoms with E-state index >= 15 is 0 Å². The Hall–Kier alpha value is -1.35. The van der Waals surface area contributed by atoms with Crippen LogP contribution in [0.1, 0.15) is 58.3 Å². The highest BCUT2D eigenvalue weighted by Gasteiger charge is 1.96. The van der Waals surface area contributed by atoms with Crippen LogP contribution in [0.4, 0.5) is 0 Å². The number of rotatable bonds is 12. The van der Waals surface area contributed by atoms with Gasteiger partial charge in [0.1, 0.15) is 0 Å². The number of aliphatic hydroxyl groups is 1. The molecule has 0 aromatic carbocycles. The van der Waals surface area contributed by atoms with E-state index in [4.69, 9.17) is 5.11 Å². The number of allylic oxidation sites excluding steroid dienone is 5. The zero-order chi connectivity index (χ0) is 15.1. The second kappa shape index (κ2) is 14.1. The van der Waals surface area contributed by atoms with E-state index in [2.05, 4.69) is 6.92 Å². The first-order chi connectivity index (χ1) is 9.66. The zero-order valence-corrected chi connectivity index (χ0v) is 12.5. The van der Waals surface area contributed by atoms with E-state index in [9.17, 15) is 9.90 Å². The summed E-state index contributed by atoms with van der Waals surface area (Å²) >= 11 is 0. The van der Waals surface area contributed by atoms with Crippen LogP contribution in [0.3, 0.4) is 0 Å². The minimum absolute atomic E-state index is 0.235. The molecule has 0 bridgehead atoms. The van der Waals surface area contributed by atoms with Crippen molar-refractivity contribution in [2.24, 2.45) is 0 Å². The standard InChI is InChI=1S/C17H28O3/c1-2-3-10-13-16(18)14-11-8-6-4-5-7-9-12-15-17(19)20/h5-8,11,14,16,18H,2-4,9-10,12-13,15H2,1H3,(H,19,20)/b7-5+,8-6+,14-11+/t16-/m1/s1. The van der Waals surface area contributed by atoms with Gasteiger partial charge in [0.15, 0.2) is 0 Å². The molecule has 0 aromatic rings. The molecule has 1 atom stereocenters. The van der Waals surface area contributed by atoms with E-state index < -0.39 is 5.97 Å². The molecule has 3 heteroatoms. The number of hydrogen-bond donors (Lipinski definition) is 2. The summed E-state index contributed by atoms with van der Waals surface area (Å²) in [6, 6.07) is 0. The smallest absolute Gasteiger partial charge is 0.303 e. The first-order valence-electron chi connectivity index (χ1n) is 7.55. The summed E-state index contributed by atoms with van der Waals surface area (Å²) in [6.45, 7) is 2.15. The van der Waals surface area contributed by atoms with Gasteiger partial charge in [0.05, 0.1) is 6.10 Å². The number of aliphatic hydroxyl groups excluding tert-OH is 1. The lowest BCUT2D eigenvalue weighted by Gasteiger charge is -2.02. The highest BCUT2D eigenvalue weighted by atomic mass is 16.4. The van der Waals surface area contributed by atoms with Gasteiger partial charge in [0.25, 0.3) is 0 Å². The van der Waals surface area contributed by atoms with Crippen LogP contribution in [0.25, 0.3) is 0 Å². The first-order valence-corrected chi connectivity index (χ1v) is 7.55. The summed E-state index contributed by atoms with van der Waals surface area (Å²) in [5.74, 6) is -0.735. The number of carboxylic acid groups (broad SMARTS) is 1. The Labute approximate surface area is 122 Å². The van der Waals surface area contributed by atoms with Crippen LogP contribution in [0.5, 0.6) is 0 Å². The second-order valence-corrected chi connectivity index (χ2v) is 4.87. The third-order valence-corrected chi connectivity index (χ3v) is 2.88. The molecule has 20 heavy (non-hydrogen) atoms. The molecule has 0 amide bonds. The molecule has 0 unspecified atom stereocenters. The summed E-state index contributed by atoms with van der Waals surface area (Å²) in [7, 11) is 0. The third-order valence-electron chi connectivity index (χ3n) is 2.88. The molecule has 0 saturated heterocycles. The van der Waals surface area contributed by atoms with Crippen molar-refractivity contribution in [2.75, 3.05) is 0 Å². The van der Waals surface area contributed by atoms with Gasteiger partial charge in [-0.15, -0.1) is 0 Å². The maximum absolute atomic E-state index is 10.3. The fraction of sp³-hybridized carbons (Fsp3) is 0.588. The van der Waals surface area contributed by atoms with Crippen molar-refractivity contribution in [3.63, 3.8) is 0 Å². The van der Waals surface area contributed by atoms with E-state index in [0.717, 1.165) is 25.7 Å². The molecule has 3 nitrogen and oxygen atoms in total. The molecule has 0 rings (SSSR count). The lowest BCUT2D eigenvalue weighted by Crippen LogP contribution is -2.00. The summed E-state index contributed by atoms with van der Waals surface area (Å²) in [5.41, 5.74) is 0. The first kappa shape index (κ1) is 18.7. The van der Waals surface area contributed by atoms with Crippen LogP contribution in [0.15, 0.2) is 36.5 Å². The summed E-state index contributed by atoms with van der Waals surface area (Å²) in [6.07, 6.45) is 18.2. The Morgan fingerprint density at radius 3 is 2.60 bits per heavy atom. The molecular weight excluding hydrogens is 252 g/mol. The Bertz CT molecular complexity index is 316. The summed E-state index contributed by atoms with van der Waals surface area (Å²) < 4.78 is 0. The maximum Gasteiger partial charge on any atom is 0.303 e. The van der Waals surface area contributed by atoms with E-state index in [0.29, 0.717) is 6.42 Å². The van der Waals surface area contributed by atoms with Crippen LogP contribution in [0, 0.1) is 0 Å². The minimum atomic E-state index is -0.735. The summed E-state index contributed by atoms with van der Waals surface area (Å²) in [4.78, 5) is 10.3. The highest BCUT2D eigenvalue weighted by Crippen LogP contribution is 2.04. The van der Waals surface area contributed by atoms with E-state index in [1.165, 1.54) is 12.8 Å². The highest BCUT2D eigenvalue weighted by molar-refractivity contribution is 5.66. The molecule has 0 radical (unpaired) electrons. The van der Waals surface area contributed by atoms with Gasteiger partial charge >= 0.3 is 5.97 Å². The molecule has 0 fully saturated rings. The largest absolute Gasteiger partial charge is 0.481 e. The zero-order valence-electron chi connectivity index (χ0n) is 12.5. The van der Waals surface area contributed by atoms with Crippen molar-refractivity contribution in [3.05, 3.63) is 36.5 Å². The molecular formula is C17H28O3. The average Bonchev–Trinajstić information content (AvgIpc) is 2.41. The van der Waals surface area contributed by atoms with Crippen LogP contribution in [0.2, 0.25) is 0 Å². The fourth-order valence-corrected chi connectivity index (χ4v) is 1.71. The fourth-order valence-electron chi connectivity index (χ4n) is 1.71. The van der Waals surface area contributed by atoms with Crippen molar-refractivity contribution in [1.29, 1.82) is 0 Å². The minimum Gasteiger partial charge on any atom is -0.481 e. The summed E-state index contributed by atoms with van der Waals surface area (Å²) in [5, 5.41) is 18.1. The van der Waals surface area contributed by atoms with Gasteiger partial charge in [-0.2, -0.15) is 0 Å². The molecule has 0 heterocycles. The lowest BCUT2D eigenvalue weighted by molar-refractivity contribution is -0.137. The van der Waals surface area contributed by atoms with Gasteiger partial charge in [0.2, 0.25) is 0 Å². The van der Waals surface area contributed by atoms with E-state index in [1.54, 1.807) is 0 Å². The monoisotopic (exact) mass is 280 g/mol. The molecule has 2 N–H and O–H groups in total. The molecule has 0 saturated carbocycles. The molecule has 114 valence electrons. The maximum atomic E-state index is 10.3. The molecule has 0 aliphatic rings. The predicted octanol–water partition coefficient (Wildman–Crippen LogP) is 4.24. The van der Waals surface area contributed by atoms with E-state index in [-0.39, 0.29) is 12.5 Å². The topological polar surface area (TPSA) is 57.5 Å². The Balaban J connectivity index is 3.54. The molecule has 0 aliphatic carbocycles.